The van der Waals surface area contributed by atoms with E-state index in [0.29, 0.717) is 56.8 Å². The molecule has 586 valence electrons. The third-order valence-electron chi connectivity index (χ3n) is 19.9. The lowest BCUT2D eigenvalue weighted by atomic mass is 9.90. The predicted molar refractivity (Wildman–Crippen MR) is 486 cm³/mol. The molecule has 0 unspecified atom stereocenters. The minimum absolute atomic E-state index is 0. The second kappa shape index (κ2) is 41.6. The van der Waals surface area contributed by atoms with Crippen LogP contribution in [0.1, 0.15) is 206 Å². The van der Waals surface area contributed by atoms with Gasteiger partial charge in [-0.25, -0.2) is 18.3 Å². The molecule has 12 rings (SSSR count). The average molecular weight is 1500 g/mol. The molecule has 4 aromatic heterocycles. The van der Waals surface area contributed by atoms with Crippen LogP contribution in [0.4, 0.5) is 0 Å². The van der Waals surface area contributed by atoms with Gasteiger partial charge in [0.2, 0.25) is 22.8 Å². The Morgan fingerprint density at radius 2 is 0.505 bits per heavy atom. The smallest absolute Gasteiger partial charge is 0.201 e. The molecule has 4 nitrogen and oxygen atoms in total. The first-order valence-corrected chi connectivity index (χ1v) is 38.3. The maximum Gasteiger partial charge on any atom is 0.212 e. The van der Waals surface area contributed by atoms with Crippen LogP contribution < -0.4 is 18.3 Å². The SMILES string of the molecule is C.C.C.C.Cc1c[n+](C)c(-c2cc(-c3ccccc3)c(C)cc2C)cc1CC(C)C.Cc1cc(C)c(-c2cc(CC(C)C)c(CC(C)C)c[n+]2C)cc1-c1ccccc1.[2H]C([2H])([2H])c1cc(C)c(-c2cc(C([2H])([2H])C(C)C)c(C([2H])([2H])[2H])c[n+]2C)cc1-c1ccccc1.[2H]C([2H])([2H])c1cc(C)c(-c2cc(C)c(C([2H])([2H])C(C)C)c[n+]2C)cc1-c1ccccc1. The highest BCUT2D eigenvalue weighted by molar-refractivity contribution is 5.80. The van der Waals surface area contributed by atoms with Crippen LogP contribution in [0.3, 0.4) is 0 Å². The summed E-state index contributed by atoms with van der Waals surface area (Å²) >= 11 is 0. The number of benzene rings is 8. The Morgan fingerprint density at radius 3 is 0.847 bits per heavy atom. The zero-order valence-corrected chi connectivity index (χ0v) is 68.1. The van der Waals surface area contributed by atoms with E-state index in [1.54, 1.807) is 43.7 Å². The van der Waals surface area contributed by atoms with Crippen molar-refractivity contribution in [2.24, 2.45) is 57.8 Å². The predicted octanol–water partition coefficient (Wildman–Crippen LogP) is 27.3. The van der Waals surface area contributed by atoms with E-state index < -0.39 is 39.2 Å². The molecular formula is C107H142N4+4. The van der Waals surface area contributed by atoms with Crippen LogP contribution in [-0.4, -0.2) is 0 Å². The Balaban J connectivity index is 0.000000292. The van der Waals surface area contributed by atoms with E-state index in [4.69, 9.17) is 17.8 Å². The second-order valence-corrected chi connectivity index (χ2v) is 31.5. The molecular weight excluding hydrogens is 1340 g/mol. The van der Waals surface area contributed by atoms with Crippen LogP contribution in [-0.2, 0) is 60.2 Å². The molecule has 4 heterocycles. The highest BCUT2D eigenvalue weighted by atomic mass is 14.9. The zero-order valence-electron chi connectivity index (χ0n) is 81.1. The Hall–Kier alpha value is -9.64. The monoisotopic (exact) mass is 1500 g/mol. The molecule has 0 fully saturated rings. The fourth-order valence-electron chi connectivity index (χ4n) is 14.6. The van der Waals surface area contributed by atoms with E-state index in [1.807, 2.05) is 131 Å². The second-order valence-electron chi connectivity index (χ2n) is 31.5. The molecule has 0 N–H and O–H groups in total. The van der Waals surface area contributed by atoms with Gasteiger partial charge < -0.3 is 0 Å². The van der Waals surface area contributed by atoms with Crippen LogP contribution in [0.15, 0.2) is 219 Å². The summed E-state index contributed by atoms with van der Waals surface area (Å²) < 4.78 is 115. The Kier molecular flexibility index (Phi) is 27.3. The third kappa shape index (κ3) is 23.7. The van der Waals surface area contributed by atoms with Crippen molar-refractivity contribution in [3.63, 3.8) is 0 Å². The first-order valence-electron chi connectivity index (χ1n) is 44.8. The molecule has 111 heavy (non-hydrogen) atoms. The number of pyridine rings is 4. The van der Waals surface area contributed by atoms with Crippen molar-refractivity contribution in [2.45, 2.75) is 207 Å². The van der Waals surface area contributed by atoms with Crippen LogP contribution in [0.5, 0.6) is 0 Å². The van der Waals surface area contributed by atoms with Gasteiger partial charge in [0.1, 0.15) is 28.2 Å². The Morgan fingerprint density at radius 1 is 0.243 bits per heavy atom. The summed E-state index contributed by atoms with van der Waals surface area (Å²) in [5.74, 6) is 1.38. The van der Waals surface area contributed by atoms with Crippen LogP contribution >= 0.6 is 0 Å². The first kappa shape index (κ1) is 72.9. The summed E-state index contributed by atoms with van der Waals surface area (Å²) in [5.41, 5.74) is 31.5. The molecule has 0 aliphatic rings. The number of rotatable bonds is 18. The van der Waals surface area contributed by atoms with E-state index in [9.17, 15) is 0 Å². The van der Waals surface area contributed by atoms with Gasteiger partial charge >= 0.3 is 0 Å². The fraction of sp³-hybridized carbons (Fsp3) is 0.364. The Bertz CT molecular complexity index is 5580. The van der Waals surface area contributed by atoms with Crippen molar-refractivity contribution < 1.29 is 36.1 Å². The summed E-state index contributed by atoms with van der Waals surface area (Å²) in [5, 5.41) is 0. The number of aromatic nitrogens is 4. The number of hydrogen-bond donors (Lipinski definition) is 0. The lowest BCUT2D eigenvalue weighted by Crippen LogP contribution is -2.32. The summed E-state index contributed by atoms with van der Waals surface area (Å²) in [6, 6.07) is 65.3. The molecule has 0 amide bonds. The highest BCUT2D eigenvalue weighted by Gasteiger charge is 2.25. The van der Waals surface area contributed by atoms with Crippen molar-refractivity contribution in [2.75, 3.05) is 0 Å². The molecule has 0 aliphatic heterocycles. The number of aryl methyl sites for hydroxylation is 15. The van der Waals surface area contributed by atoms with Crippen LogP contribution in [0.2, 0.25) is 0 Å². The lowest BCUT2D eigenvalue weighted by Gasteiger charge is -2.16. The summed E-state index contributed by atoms with van der Waals surface area (Å²) in [4.78, 5) is 0. The van der Waals surface area contributed by atoms with Crippen molar-refractivity contribution in [3.8, 4) is 89.5 Å². The van der Waals surface area contributed by atoms with Gasteiger partial charge in [0, 0.05) is 86.6 Å². The third-order valence-corrected chi connectivity index (χ3v) is 19.9. The van der Waals surface area contributed by atoms with Gasteiger partial charge in [-0.2, -0.15) is 0 Å². The maximum absolute atomic E-state index is 8.65. The molecule has 0 atom stereocenters. The standard InChI is InChI=1S/C28H36N.3C25H30N.4CH4/c1-19(2)13-24-16-28(29(7)18-25(24)14-20(3)4)27-17-26(21(5)15-22(27)6)23-11-9-8-10-12-23;1-17(2)12-22-16-26(6)25(14-18(22)3)24-15-23(19(4)13-20(24)5)21-10-8-7-9-11-21;2*1-17(2)12-22-14-25(26(6)16-20(22)5)24-15-23(18(3)13-19(24)4)21-10-8-7-9-11-21;;;;/h8-12,15-20H,13-14H2,1-7H3;3*7-11,13-17H,12H2,1-6H3;4*1H4/q4*+1;;;;/i;4D3,12D2;3D3,5D3,12D2;;;;;. The van der Waals surface area contributed by atoms with Gasteiger partial charge in [0.15, 0.2) is 24.8 Å². The van der Waals surface area contributed by atoms with Crippen molar-refractivity contribution >= 4 is 0 Å². The van der Waals surface area contributed by atoms with Gasteiger partial charge in [-0.15, -0.1) is 0 Å². The van der Waals surface area contributed by atoms with Gasteiger partial charge in [-0.1, -0.05) is 245 Å². The highest BCUT2D eigenvalue weighted by Crippen LogP contribution is 2.37. The van der Waals surface area contributed by atoms with Gasteiger partial charge in [0.25, 0.3) is 0 Å². The maximum atomic E-state index is 8.65. The van der Waals surface area contributed by atoms with Crippen molar-refractivity contribution in [1.29, 1.82) is 0 Å². The minimum atomic E-state index is -2.48. The normalized spacial score (nSPS) is 13.2. The van der Waals surface area contributed by atoms with E-state index in [0.717, 1.165) is 52.8 Å². The molecule has 4 heteroatoms. The topological polar surface area (TPSA) is 15.5 Å². The summed E-state index contributed by atoms with van der Waals surface area (Å²) in [6.07, 6.45) is 8.06. The van der Waals surface area contributed by atoms with Crippen molar-refractivity contribution in [1.82, 2.24) is 0 Å². The molecule has 0 saturated heterocycles. The quantitative estimate of drug-likeness (QED) is 0.0761. The van der Waals surface area contributed by atoms with E-state index in [1.165, 1.54) is 95.5 Å². The minimum Gasteiger partial charge on any atom is -0.201 e. The molecule has 8 aromatic carbocycles. The first-order chi connectivity index (χ1) is 56.0. The van der Waals surface area contributed by atoms with Gasteiger partial charge in [0.05, 0.1) is 0 Å². The van der Waals surface area contributed by atoms with Gasteiger partial charge in [-0.3, -0.25) is 0 Å². The van der Waals surface area contributed by atoms with Gasteiger partial charge in [-0.05, 0) is 273 Å². The Labute approximate surface area is 694 Å². The molecule has 0 saturated carbocycles. The summed E-state index contributed by atoms with van der Waals surface area (Å²) in [7, 11) is 7.98. The summed E-state index contributed by atoms with van der Waals surface area (Å²) in [6.45, 7) is 30.8. The van der Waals surface area contributed by atoms with E-state index >= 15 is 0 Å². The van der Waals surface area contributed by atoms with E-state index in [2.05, 4.69) is 209 Å². The fourth-order valence-corrected chi connectivity index (χ4v) is 14.6. The number of hydrogen-bond acceptors (Lipinski definition) is 0. The van der Waals surface area contributed by atoms with Crippen molar-refractivity contribution in [3.05, 3.63) is 308 Å². The van der Waals surface area contributed by atoms with Crippen LogP contribution in [0.25, 0.3) is 89.5 Å². The van der Waals surface area contributed by atoms with Crippen LogP contribution in [0, 0.1) is 106 Å². The lowest BCUT2D eigenvalue weighted by molar-refractivity contribution is -0.661. The molecule has 0 bridgehead atoms. The van der Waals surface area contributed by atoms with E-state index in [-0.39, 0.29) is 52.3 Å². The molecule has 0 spiro atoms. The molecule has 0 aliphatic carbocycles. The molecule has 0 radical (unpaired) electrons. The number of nitrogens with zero attached hydrogens (tertiary/aromatic N) is 4. The zero-order chi connectivity index (χ0) is 88.7. The largest absolute Gasteiger partial charge is 0.212 e. The molecule has 12 aromatic rings. The average Bonchev–Trinajstić information content (AvgIpc) is 0.754.